The molecule has 0 bridgehead atoms. The predicted octanol–water partition coefficient (Wildman–Crippen LogP) is 2.40. The highest BCUT2D eigenvalue weighted by atomic mass is 28.3. The normalized spacial score (nSPS) is 10.8. The largest absolute Gasteiger partial charge is 0.435 e. The monoisotopic (exact) mass is 172 g/mol. The first kappa shape index (κ1) is 10.4. The summed E-state index contributed by atoms with van der Waals surface area (Å²) in [5.41, 5.74) is 0. The summed E-state index contributed by atoms with van der Waals surface area (Å²) in [4.78, 5) is 10.8. The lowest BCUT2D eigenvalue weighted by Gasteiger charge is -2.13. The third-order valence-corrected chi connectivity index (χ3v) is 3.04. The first-order valence-corrected chi connectivity index (χ1v) is 7.47. The SMILES string of the molecule is C=COC(=O)CC[Si](C)(C)C. The molecule has 0 spiro atoms. The molecule has 0 saturated carbocycles. The van der Waals surface area contributed by atoms with Crippen LogP contribution in [-0.2, 0) is 9.53 Å². The van der Waals surface area contributed by atoms with Crippen LogP contribution in [0.15, 0.2) is 12.8 Å². The molecular weight excluding hydrogens is 156 g/mol. The second-order valence-corrected chi connectivity index (χ2v) is 9.34. The number of esters is 1. The molecule has 0 aliphatic rings. The molecule has 3 heteroatoms. The van der Waals surface area contributed by atoms with Gasteiger partial charge in [0, 0.05) is 14.5 Å². The van der Waals surface area contributed by atoms with Gasteiger partial charge in [0.2, 0.25) is 0 Å². The molecule has 0 amide bonds. The molecule has 0 fully saturated rings. The van der Waals surface area contributed by atoms with Gasteiger partial charge in [-0.2, -0.15) is 0 Å². The number of hydrogen-bond donors (Lipinski definition) is 0. The number of rotatable bonds is 4. The van der Waals surface area contributed by atoms with Crippen molar-refractivity contribution in [3.63, 3.8) is 0 Å². The topological polar surface area (TPSA) is 26.3 Å². The molecule has 0 rings (SSSR count). The second kappa shape index (κ2) is 4.33. The lowest BCUT2D eigenvalue weighted by atomic mass is 10.5. The zero-order chi connectivity index (χ0) is 8.91. The molecule has 0 aromatic carbocycles. The van der Waals surface area contributed by atoms with Crippen LogP contribution < -0.4 is 0 Å². The Hall–Kier alpha value is -0.573. The Labute approximate surface area is 69.3 Å². The van der Waals surface area contributed by atoms with E-state index in [-0.39, 0.29) is 5.97 Å². The van der Waals surface area contributed by atoms with Crippen LogP contribution in [0.5, 0.6) is 0 Å². The molecule has 0 aromatic heterocycles. The highest BCUT2D eigenvalue weighted by Gasteiger charge is 2.14. The first-order chi connectivity index (χ1) is 4.95. The minimum atomic E-state index is -1.08. The van der Waals surface area contributed by atoms with E-state index in [1.54, 1.807) is 0 Å². The maximum absolute atomic E-state index is 10.8. The van der Waals surface area contributed by atoms with E-state index in [0.717, 1.165) is 6.04 Å². The van der Waals surface area contributed by atoms with Gasteiger partial charge in [-0.05, 0) is 6.04 Å². The van der Waals surface area contributed by atoms with Crippen LogP contribution in [0.2, 0.25) is 25.7 Å². The summed E-state index contributed by atoms with van der Waals surface area (Å²) in [6.07, 6.45) is 1.72. The van der Waals surface area contributed by atoms with Crippen molar-refractivity contribution in [3.8, 4) is 0 Å². The molecular formula is C8H16O2Si. The molecule has 0 aliphatic carbocycles. The number of carbonyl (C=O) groups excluding carboxylic acids is 1. The summed E-state index contributed by atoms with van der Waals surface area (Å²) in [6, 6.07) is 0.986. The van der Waals surface area contributed by atoms with Crippen LogP contribution in [0, 0.1) is 0 Å². The molecule has 0 aromatic rings. The Morgan fingerprint density at radius 1 is 1.55 bits per heavy atom. The lowest BCUT2D eigenvalue weighted by Crippen LogP contribution is -2.20. The van der Waals surface area contributed by atoms with E-state index in [0.29, 0.717) is 6.42 Å². The lowest BCUT2D eigenvalue weighted by molar-refractivity contribution is -0.137. The molecule has 0 unspecified atom stereocenters. The van der Waals surface area contributed by atoms with Gasteiger partial charge in [-0.25, -0.2) is 0 Å². The maximum atomic E-state index is 10.8. The summed E-state index contributed by atoms with van der Waals surface area (Å²) in [7, 11) is -1.08. The Morgan fingerprint density at radius 3 is 2.45 bits per heavy atom. The Bertz CT molecular complexity index is 147. The van der Waals surface area contributed by atoms with Gasteiger partial charge in [0.25, 0.3) is 0 Å². The molecule has 0 atom stereocenters. The minimum Gasteiger partial charge on any atom is -0.435 e. The Kier molecular flexibility index (Phi) is 4.11. The van der Waals surface area contributed by atoms with Crippen LogP contribution in [0.1, 0.15) is 6.42 Å². The molecule has 0 aliphatic heterocycles. The van der Waals surface area contributed by atoms with Gasteiger partial charge in [-0.15, -0.1) is 0 Å². The van der Waals surface area contributed by atoms with Gasteiger partial charge in [-0.3, -0.25) is 4.79 Å². The minimum absolute atomic E-state index is 0.164. The van der Waals surface area contributed by atoms with Crippen molar-refractivity contribution in [1.29, 1.82) is 0 Å². The molecule has 0 heterocycles. The predicted molar refractivity (Wildman–Crippen MR) is 49.1 cm³/mol. The van der Waals surface area contributed by atoms with Gasteiger partial charge in [0.1, 0.15) is 0 Å². The fourth-order valence-corrected chi connectivity index (χ4v) is 1.58. The van der Waals surface area contributed by atoms with Crippen molar-refractivity contribution in [3.05, 3.63) is 12.8 Å². The van der Waals surface area contributed by atoms with Gasteiger partial charge in [0.05, 0.1) is 6.26 Å². The van der Waals surface area contributed by atoms with E-state index in [2.05, 4.69) is 31.0 Å². The van der Waals surface area contributed by atoms with Crippen molar-refractivity contribution in [1.82, 2.24) is 0 Å². The van der Waals surface area contributed by atoms with Crippen LogP contribution in [0.4, 0.5) is 0 Å². The molecule has 0 N–H and O–H groups in total. The van der Waals surface area contributed by atoms with Gasteiger partial charge < -0.3 is 4.74 Å². The summed E-state index contributed by atoms with van der Waals surface area (Å²) in [5, 5.41) is 0. The summed E-state index contributed by atoms with van der Waals surface area (Å²) < 4.78 is 4.58. The third kappa shape index (κ3) is 7.32. The summed E-state index contributed by atoms with van der Waals surface area (Å²) >= 11 is 0. The van der Waals surface area contributed by atoms with E-state index < -0.39 is 8.07 Å². The second-order valence-electron chi connectivity index (χ2n) is 3.72. The van der Waals surface area contributed by atoms with Crippen molar-refractivity contribution in [2.24, 2.45) is 0 Å². The molecule has 0 radical (unpaired) electrons. The fraction of sp³-hybridized carbons (Fsp3) is 0.625. The van der Waals surface area contributed by atoms with Crippen molar-refractivity contribution >= 4 is 14.0 Å². The van der Waals surface area contributed by atoms with E-state index in [4.69, 9.17) is 0 Å². The van der Waals surface area contributed by atoms with E-state index in [1.165, 1.54) is 6.26 Å². The summed E-state index contributed by atoms with van der Waals surface area (Å²) in [5.74, 6) is -0.164. The van der Waals surface area contributed by atoms with E-state index in [1.807, 2.05) is 0 Å². The average molecular weight is 172 g/mol. The highest BCUT2D eigenvalue weighted by Crippen LogP contribution is 2.11. The molecule has 11 heavy (non-hydrogen) atoms. The van der Waals surface area contributed by atoms with Gasteiger partial charge in [-0.1, -0.05) is 26.2 Å². The van der Waals surface area contributed by atoms with Gasteiger partial charge >= 0.3 is 5.97 Å². The van der Waals surface area contributed by atoms with Crippen molar-refractivity contribution in [2.75, 3.05) is 0 Å². The van der Waals surface area contributed by atoms with Crippen LogP contribution >= 0.6 is 0 Å². The zero-order valence-electron chi connectivity index (χ0n) is 7.52. The van der Waals surface area contributed by atoms with Crippen LogP contribution in [0.3, 0.4) is 0 Å². The smallest absolute Gasteiger partial charge is 0.310 e. The number of ether oxygens (including phenoxy) is 1. The van der Waals surface area contributed by atoms with Crippen LogP contribution in [0.25, 0.3) is 0 Å². The highest BCUT2D eigenvalue weighted by molar-refractivity contribution is 6.76. The number of hydrogen-bond acceptors (Lipinski definition) is 2. The van der Waals surface area contributed by atoms with Crippen LogP contribution in [-0.4, -0.2) is 14.0 Å². The molecule has 2 nitrogen and oxygen atoms in total. The maximum Gasteiger partial charge on any atom is 0.310 e. The summed E-state index contributed by atoms with van der Waals surface area (Å²) in [6.45, 7) is 10.0. The first-order valence-electron chi connectivity index (χ1n) is 3.76. The van der Waals surface area contributed by atoms with Crippen molar-refractivity contribution in [2.45, 2.75) is 32.1 Å². The standard InChI is InChI=1S/C8H16O2Si/c1-5-10-8(9)6-7-11(2,3)4/h5H,1,6-7H2,2-4H3. The van der Waals surface area contributed by atoms with E-state index in [9.17, 15) is 4.79 Å². The quantitative estimate of drug-likeness (QED) is 0.370. The average Bonchev–Trinajstić information content (AvgIpc) is 1.83. The number of carbonyl (C=O) groups is 1. The zero-order valence-corrected chi connectivity index (χ0v) is 8.52. The third-order valence-electron chi connectivity index (χ3n) is 1.29. The fourth-order valence-electron chi connectivity index (χ4n) is 0.629. The van der Waals surface area contributed by atoms with Crippen molar-refractivity contribution < 1.29 is 9.53 Å². The van der Waals surface area contributed by atoms with E-state index >= 15 is 0 Å². The van der Waals surface area contributed by atoms with Gasteiger partial charge in [0.15, 0.2) is 0 Å². The Morgan fingerprint density at radius 2 is 2.09 bits per heavy atom. The molecule has 64 valence electrons. The molecule has 0 saturated heterocycles. The Balaban J connectivity index is 3.54.